The van der Waals surface area contributed by atoms with Crippen LogP contribution in [-0.4, -0.2) is 51.1 Å². The molecule has 0 aliphatic carbocycles. The average Bonchev–Trinajstić information content (AvgIpc) is 3.25. The van der Waals surface area contributed by atoms with E-state index in [2.05, 4.69) is 39.4 Å². The minimum absolute atomic E-state index is 0.0586. The summed E-state index contributed by atoms with van der Waals surface area (Å²) in [7, 11) is 4.10. The molecule has 1 atom stereocenters. The Kier molecular flexibility index (Phi) is 7.53. The maximum absolute atomic E-state index is 12.5. The van der Waals surface area contributed by atoms with E-state index in [-0.39, 0.29) is 11.9 Å². The minimum Gasteiger partial charge on any atom is -0.494 e. The molecule has 1 heterocycles. The van der Waals surface area contributed by atoms with Crippen LogP contribution < -0.4 is 15.0 Å². The molecule has 29 heavy (non-hydrogen) atoms. The van der Waals surface area contributed by atoms with E-state index in [0.29, 0.717) is 19.6 Å². The van der Waals surface area contributed by atoms with Crippen molar-refractivity contribution in [1.82, 2.24) is 10.2 Å². The molecular weight excluding hydrogens is 362 g/mol. The largest absolute Gasteiger partial charge is 0.494 e. The molecule has 1 aliphatic rings. The maximum atomic E-state index is 12.5. The number of hydrogen-bond donors (Lipinski definition) is 1. The van der Waals surface area contributed by atoms with Crippen molar-refractivity contribution in [2.24, 2.45) is 0 Å². The molecule has 2 aromatic rings. The molecule has 1 saturated heterocycles. The number of hydrogen-bond acceptors (Lipinski definition) is 4. The molecule has 3 rings (SSSR count). The molecule has 0 spiro atoms. The second kappa shape index (κ2) is 10.3. The molecule has 1 aliphatic heterocycles. The van der Waals surface area contributed by atoms with Crippen molar-refractivity contribution in [3.8, 4) is 5.75 Å². The summed E-state index contributed by atoms with van der Waals surface area (Å²) in [6.45, 7) is 5.43. The number of likely N-dealkylation sites (tertiary alicyclic amines) is 1. The maximum Gasteiger partial charge on any atom is 0.224 e. The number of ether oxygens (including phenoxy) is 1. The highest BCUT2D eigenvalue weighted by molar-refractivity contribution is 5.78. The number of nitrogens with one attached hydrogen (secondary N) is 1. The Morgan fingerprint density at radius 1 is 1.07 bits per heavy atom. The van der Waals surface area contributed by atoms with Crippen molar-refractivity contribution >= 4 is 11.6 Å². The number of benzene rings is 2. The molecule has 0 saturated carbocycles. The van der Waals surface area contributed by atoms with Gasteiger partial charge in [0.1, 0.15) is 5.75 Å². The van der Waals surface area contributed by atoms with Crippen molar-refractivity contribution < 1.29 is 9.53 Å². The standard InChI is InChI=1S/C24H33N3O2/c1-4-29-22-13-7-19(8-14-22)17-24(28)25-18-23(27-15-5-6-16-27)20-9-11-21(12-10-20)26(2)3/h7-14,23H,4-6,15-18H2,1-3H3,(H,25,28)/t23-/m0/s1. The lowest BCUT2D eigenvalue weighted by atomic mass is 10.0. The van der Waals surface area contributed by atoms with Gasteiger partial charge in [-0.1, -0.05) is 24.3 Å². The zero-order valence-electron chi connectivity index (χ0n) is 17.9. The summed E-state index contributed by atoms with van der Waals surface area (Å²) in [5.74, 6) is 0.898. The molecule has 156 valence electrons. The van der Waals surface area contributed by atoms with Gasteiger partial charge in [0.2, 0.25) is 5.91 Å². The fourth-order valence-electron chi connectivity index (χ4n) is 3.83. The first kappa shape index (κ1) is 21.2. The van der Waals surface area contributed by atoms with E-state index in [4.69, 9.17) is 4.74 Å². The van der Waals surface area contributed by atoms with Gasteiger partial charge >= 0.3 is 0 Å². The number of anilines is 1. The highest BCUT2D eigenvalue weighted by atomic mass is 16.5. The van der Waals surface area contributed by atoms with Crippen molar-refractivity contribution in [3.63, 3.8) is 0 Å². The highest BCUT2D eigenvalue weighted by Crippen LogP contribution is 2.26. The molecule has 2 aromatic carbocycles. The molecule has 1 fully saturated rings. The van der Waals surface area contributed by atoms with Crippen molar-refractivity contribution in [3.05, 3.63) is 59.7 Å². The minimum atomic E-state index is 0.0586. The predicted octanol–water partition coefficient (Wildman–Crippen LogP) is 3.65. The molecule has 0 radical (unpaired) electrons. The van der Waals surface area contributed by atoms with Crippen molar-refractivity contribution in [2.45, 2.75) is 32.2 Å². The second-order valence-corrected chi connectivity index (χ2v) is 7.80. The van der Waals surface area contributed by atoms with Gasteiger partial charge in [-0.25, -0.2) is 0 Å². The lowest BCUT2D eigenvalue weighted by Gasteiger charge is -2.28. The van der Waals surface area contributed by atoms with E-state index in [1.54, 1.807) is 0 Å². The van der Waals surface area contributed by atoms with Crippen molar-refractivity contribution in [1.29, 1.82) is 0 Å². The SMILES string of the molecule is CCOc1ccc(CC(=O)NC[C@@H](c2ccc(N(C)C)cc2)N2CCCC2)cc1. The first-order valence-corrected chi connectivity index (χ1v) is 10.6. The van der Waals surface area contributed by atoms with Gasteiger partial charge in [0.25, 0.3) is 0 Å². The van der Waals surface area contributed by atoms with Crippen LogP contribution in [0.3, 0.4) is 0 Å². The Hall–Kier alpha value is -2.53. The quantitative estimate of drug-likeness (QED) is 0.704. The van der Waals surface area contributed by atoms with Gasteiger partial charge < -0.3 is 15.0 Å². The molecule has 0 unspecified atom stereocenters. The summed E-state index contributed by atoms with van der Waals surface area (Å²) in [5, 5.41) is 3.16. The summed E-state index contributed by atoms with van der Waals surface area (Å²) in [6.07, 6.45) is 2.84. The normalized spacial score (nSPS) is 15.1. The summed E-state index contributed by atoms with van der Waals surface area (Å²) in [6, 6.07) is 16.7. The van der Waals surface area contributed by atoms with E-state index in [1.165, 1.54) is 24.1 Å². The Labute approximate surface area is 174 Å². The van der Waals surface area contributed by atoms with Gasteiger partial charge in [-0.3, -0.25) is 9.69 Å². The van der Waals surface area contributed by atoms with Crippen LogP contribution in [0.25, 0.3) is 0 Å². The van der Waals surface area contributed by atoms with E-state index in [0.717, 1.165) is 24.4 Å². The third-order valence-corrected chi connectivity index (χ3v) is 5.47. The average molecular weight is 396 g/mol. The number of amides is 1. The van der Waals surface area contributed by atoms with Crippen LogP contribution in [0.1, 0.15) is 36.9 Å². The lowest BCUT2D eigenvalue weighted by molar-refractivity contribution is -0.120. The number of nitrogens with zero attached hydrogens (tertiary/aromatic N) is 2. The molecule has 1 N–H and O–H groups in total. The summed E-state index contributed by atoms with van der Waals surface area (Å²) < 4.78 is 5.46. The monoisotopic (exact) mass is 395 g/mol. The fraction of sp³-hybridized carbons (Fsp3) is 0.458. The predicted molar refractivity (Wildman–Crippen MR) is 119 cm³/mol. The van der Waals surface area contributed by atoms with Crippen molar-refractivity contribution in [2.75, 3.05) is 45.2 Å². The van der Waals surface area contributed by atoms with Gasteiger partial charge in [-0.15, -0.1) is 0 Å². The van der Waals surface area contributed by atoms with E-state index in [1.807, 2.05) is 45.3 Å². The van der Waals surface area contributed by atoms with Gasteiger partial charge in [0.15, 0.2) is 0 Å². The molecule has 1 amide bonds. The van der Waals surface area contributed by atoms with E-state index < -0.39 is 0 Å². The van der Waals surface area contributed by atoms with E-state index in [9.17, 15) is 4.79 Å². The Balaban J connectivity index is 1.61. The molecule has 0 bridgehead atoms. The highest BCUT2D eigenvalue weighted by Gasteiger charge is 2.24. The van der Waals surface area contributed by atoms with Crippen LogP contribution in [0, 0.1) is 0 Å². The van der Waals surface area contributed by atoms with Gasteiger partial charge in [0.05, 0.1) is 19.1 Å². The molecular formula is C24H33N3O2. The third-order valence-electron chi connectivity index (χ3n) is 5.47. The summed E-state index contributed by atoms with van der Waals surface area (Å²) in [4.78, 5) is 17.1. The number of carbonyl (C=O) groups excluding carboxylic acids is 1. The van der Waals surface area contributed by atoms with E-state index >= 15 is 0 Å². The second-order valence-electron chi connectivity index (χ2n) is 7.80. The number of rotatable bonds is 9. The smallest absolute Gasteiger partial charge is 0.224 e. The summed E-state index contributed by atoms with van der Waals surface area (Å²) in [5.41, 5.74) is 3.45. The zero-order chi connectivity index (χ0) is 20.6. The zero-order valence-corrected chi connectivity index (χ0v) is 17.9. The fourth-order valence-corrected chi connectivity index (χ4v) is 3.83. The molecule has 5 nitrogen and oxygen atoms in total. The van der Waals surface area contributed by atoms with Gasteiger partial charge in [0, 0.05) is 26.3 Å². The summed E-state index contributed by atoms with van der Waals surface area (Å²) >= 11 is 0. The first-order chi connectivity index (χ1) is 14.1. The first-order valence-electron chi connectivity index (χ1n) is 10.6. The Morgan fingerprint density at radius 3 is 2.31 bits per heavy atom. The van der Waals surface area contributed by atoms with Crippen LogP contribution in [0.15, 0.2) is 48.5 Å². The Morgan fingerprint density at radius 2 is 1.72 bits per heavy atom. The molecule has 0 aromatic heterocycles. The Bertz CT molecular complexity index is 766. The van der Waals surface area contributed by atoms with Crippen LogP contribution in [-0.2, 0) is 11.2 Å². The van der Waals surface area contributed by atoms with Crippen LogP contribution in [0.4, 0.5) is 5.69 Å². The molecule has 5 heteroatoms. The van der Waals surface area contributed by atoms with Gasteiger partial charge in [-0.2, -0.15) is 0 Å². The lowest BCUT2D eigenvalue weighted by Crippen LogP contribution is -2.37. The van der Waals surface area contributed by atoms with Crippen LogP contribution >= 0.6 is 0 Å². The van der Waals surface area contributed by atoms with Crippen LogP contribution in [0.2, 0.25) is 0 Å². The third kappa shape index (κ3) is 5.97. The number of carbonyl (C=O) groups is 1. The topological polar surface area (TPSA) is 44.8 Å². The van der Waals surface area contributed by atoms with Crippen LogP contribution in [0.5, 0.6) is 5.75 Å². The van der Waals surface area contributed by atoms with Gasteiger partial charge in [-0.05, 0) is 68.2 Å².